The first kappa shape index (κ1) is 16.6. The summed E-state index contributed by atoms with van der Waals surface area (Å²) >= 11 is 0. The molecule has 0 spiro atoms. The summed E-state index contributed by atoms with van der Waals surface area (Å²) in [5.74, 6) is 1.14. The van der Waals surface area contributed by atoms with Crippen molar-refractivity contribution in [1.29, 1.82) is 0 Å². The van der Waals surface area contributed by atoms with Crippen LogP contribution in [-0.2, 0) is 13.2 Å². The van der Waals surface area contributed by atoms with E-state index >= 15 is 0 Å². The maximum Gasteiger partial charge on any atom is 0.435 e. The lowest BCUT2D eigenvalue weighted by Crippen LogP contribution is -2.22. The van der Waals surface area contributed by atoms with Crippen molar-refractivity contribution in [3.63, 3.8) is 0 Å². The van der Waals surface area contributed by atoms with Crippen LogP contribution in [0.1, 0.15) is 30.3 Å². The van der Waals surface area contributed by atoms with Crippen LogP contribution in [0.25, 0.3) is 0 Å². The van der Waals surface area contributed by atoms with Crippen LogP contribution >= 0.6 is 0 Å². The number of nitrogens with one attached hydrogen (secondary N) is 1. The SMILES string of the molecule is Cn1cnnc1[C@H]1C[C@H](CNc2ccc(C(F)(F)F)nn2)[C@H](O)C1. The number of hydrogen-bond acceptors (Lipinski definition) is 6. The molecule has 1 saturated carbocycles. The molecule has 0 bridgehead atoms. The topological polar surface area (TPSA) is 88.8 Å². The third-order valence-corrected chi connectivity index (χ3v) is 4.27. The molecule has 0 unspecified atom stereocenters. The van der Waals surface area contributed by atoms with Crippen molar-refractivity contribution < 1.29 is 18.3 Å². The van der Waals surface area contributed by atoms with Crippen molar-refractivity contribution in [1.82, 2.24) is 25.0 Å². The first-order chi connectivity index (χ1) is 11.3. The molecule has 10 heteroatoms. The molecule has 2 N–H and O–H groups in total. The fourth-order valence-corrected chi connectivity index (χ4v) is 3.01. The number of halogens is 3. The van der Waals surface area contributed by atoms with Gasteiger partial charge in [-0.1, -0.05) is 0 Å². The number of anilines is 1. The van der Waals surface area contributed by atoms with Gasteiger partial charge >= 0.3 is 6.18 Å². The quantitative estimate of drug-likeness (QED) is 0.877. The smallest absolute Gasteiger partial charge is 0.393 e. The van der Waals surface area contributed by atoms with Crippen molar-refractivity contribution >= 4 is 5.82 Å². The van der Waals surface area contributed by atoms with E-state index in [1.165, 1.54) is 6.07 Å². The van der Waals surface area contributed by atoms with Gasteiger partial charge in [0, 0.05) is 25.4 Å². The summed E-state index contributed by atoms with van der Waals surface area (Å²) in [6, 6.07) is 2.11. The molecule has 3 rings (SSSR count). The van der Waals surface area contributed by atoms with E-state index in [1.54, 1.807) is 6.33 Å². The first-order valence-electron chi connectivity index (χ1n) is 7.51. The largest absolute Gasteiger partial charge is 0.435 e. The maximum atomic E-state index is 12.4. The minimum atomic E-state index is -4.50. The summed E-state index contributed by atoms with van der Waals surface area (Å²) in [6.07, 6.45) is -2.10. The summed E-state index contributed by atoms with van der Waals surface area (Å²) < 4.78 is 39.2. The molecule has 2 aromatic heterocycles. The average molecular weight is 342 g/mol. The molecule has 0 aliphatic heterocycles. The summed E-state index contributed by atoms with van der Waals surface area (Å²) in [5, 5.41) is 27.7. The standard InChI is InChI=1S/C14H17F3N6O/c1-23-7-19-22-13(23)8-4-9(10(24)5-8)6-18-12-3-2-11(20-21-12)14(15,16)17/h2-3,7-10,24H,4-6H2,1H3,(H,18,21)/t8-,9+,10+/m0/s1. The van der Waals surface area contributed by atoms with E-state index in [1.807, 2.05) is 11.6 Å². The summed E-state index contributed by atoms with van der Waals surface area (Å²) in [5.41, 5.74) is -1.03. The minimum absolute atomic E-state index is 0.0456. The van der Waals surface area contributed by atoms with Gasteiger partial charge in [0.2, 0.25) is 0 Å². The molecule has 130 valence electrons. The van der Waals surface area contributed by atoms with Crippen molar-refractivity contribution in [2.45, 2.75) is 31.0 Å². The molecule has 1 aliphatic carbocycles. The van der Waals surface area contributed by atoms with Crippen LogP contribution in [0.3, 0.4) is 0 Å². The van der Waals surface area contributed by atoms with E-state index in [9.17, 15) is 18.3 Å². The molecule has 24 heavy (non-hydrogen) atoms. The Kier molecular flexibility index (Phi) is 4.39. The lowest BCUT2D eigenvalue weighted by Gasteiger charge is -2.15. The van der Waals surface area contributed by atoms with Crippen LogP contribution in [0.15, 0.2) is 18.5 Å². The van der Waals surface area contributed by atoms with Crippen LogP contribution < -0.4 is 5.32 Å². The maximum absolute atomic E-state index is 12.4. The molecule has 3 atom stereocenters. The van der Waals surface area contributed by atoms with Gasteiger partial charge in [-0.2, -0.15) is 13.2 Å². The highest BCUT2D eigenvalue weighted by Crippen LogP contribution is 2.37. The number of rotatable bonds is 4. The molecule has 2 heterocycles. The molecule has 0 saturated heterocycles. The van der Waals surface area contributed by atoms with E-state index in [2.05, 4.69) is 25.7 Å². The lowest BCUT2D eigenvalue weighted by molar-refractivity contribution is -0.141. The average Bonchev–Trinajstić information content (AvgIpc) is 3.10. The fourth-order valence-electron chi connectivity index (χ4n) is 3.01. The molecule has 1 fully saturated rings. The second-order valence-electron chi connectivity index (χ2n) is 5.98. The number of hydrogen-bond donors (Lipinski definition) is 2. The van der Waals surface area contributed by atoms with Crippen molar-refractivity contribution in [3.8, 4) is 0 Å². The van der Waals surface area contributed by atoms with Crippen LogP contribution in [0, 0.1) is 5.92 Å². The van der Waals surface area contributed by atoms with Gasteiger partial charge in [0.25, 0.3) is 0 Å². The Morgan fingerprint density at radius 2 is 2.04 bits per heavy atom. The van der Waals surface area contributed by atoms with Gasteiger partial charge in [0.05, 0.1) is 6.10 Å². The van der Waals surface area contributed by atoms with E-state index < -0.39 is 18.0 Å². The monoisotopic (exact) mass is 342 g/mol. The number of aliphatic hydroxyl groups is 1. The van der Waals surface area contributed by atoms with Crippen molar-refractivity contribution in [3.05, 3.63) is 30.0 Å². The number of nitrogens with zero attached hydrogens (tertiary/aromatic N) is 5. The van der Waals surface area contributed by atoms with E-state index in [4.69, 9.17) is 0 Å². The summed E-state index contributed by atoms with van der Waals surface area (Å²) in [6.45, 7) is 0.398. The zero-order chi connectivity index (χ0) is 17.3. The molecule has 0 radical (unpaired) electrons. The highest BCUT2D eigenvalue weighted by molar-refractivity contribution is 5.33. The third kappa shape index (κ3) is 3.48. The third-order valence-electron chi connectivity index (χ3n) is 4.27. The Balaban J connectivity index is 1.58. The Morgan fingerprint density at radius 3 is 2.62 bits per heavy atom. The van der Waals surface area contributed by atoms with Crippen molar-refractivity contribution in [2.75, 3.05) is 11.9 Å². The molecular weight excluding hydrogens is 325 g/mol. The lowest BCUT2D eigenvalue weighted by atomic mass is 10.0. The van der Waals surface area contributed by atoms with Gasteiger partial charge in [-0.3, -0.25) is 0 Å². The number of aromatic nitrogens is 5. The molecular formula is C14H17F3N6O. The second-order valence-corrected chi connectivity index (χ2v) is 5.98. The van der Waals surface area contributed by atoms with Gasteiger partial charge in [-0.15, -0.1) is 20.4 Å². The molecule has 7 nitrogen and oxygen atoms in total. The molecule has 1 aliphatic rings. The Morgan fingerprint density at radius 1 is 1.25 bits per heavy atom. The van der Waals surface area contributed by atoms with E-state index in [-0.39, 0.29) is 17.7 Å². The zero-order valence-electron chi connectivity index (χ0n) is 12.9. The van der Waals surface area contributed by atoms with E-state index in [0.29, 0.717) is 13.0 Å². The van der Waals surface area contributed by atoms with Crippen LogP contribution in [-0.4, -0.2) is 42.7 Å². The van der Waals surface area contributed by atoms with Gasteiger partial charge in [-0.05, 0) is 25.0 Å². The van der Waals surface area contributed by atoms with Crippen molar-refractivity contribution in [2.24, 2.45) is 13.0 Å². The van der Waals surface area contributed by atoms with Crippen LogP contribution in [0.2, 0.25) is 0 Å². The summed E-state index contributed by atoms with van der Waals surface area (Å²) in [4.78, 5) is 0. The minimum Gasteiger partial charge on any atom is -0.393 e. The Labute approximate surface area is 135 Å². The van der Waals surface area contributed by atoms with Crippen LogP contribution in [0.4, 0.5) is 19.0 Å². The Bertz CT molecular complexity index is 687. The van der Waals surface area contributed by atoms with Gasteiger partial charge in [0.15, 0.2) is 5.69 Å². The highest BCUT2D eigenvalue weighted by atomic mass is 19.4. The van der Waals surface area contributed by atoms with E-state index in [0.717, 1.165) is 18.3 Å². The first-order valence-corrected chi connectivity index (χ1v) is 7.51. The zero-order valence-corrected chi connectivity index (χ0v) is 12.9. The molecule has 0 amide bonds. The normalized spacial score (nSPS) is 24.3. The highest BCUT2D eigenvalue weighted by Gasteiger charge is 2.36. The predicted molar refractivity (Wildman–Crippen MR) is 78.0 cm³/mol. The summed E-state index contributed by atoms with van der Waals surface area (Å²) in [7, 11) is 1.85. The van der Waals surface area contributed by atoms with Gasteiger partial charge in [-0.25, -0.2) is 0 Å². The number of aliphatic hydroxyl groups excluding tert-OH is 1. The Hall–Kier alpha value is -2.23. The fraction of sp³-hybridized carbons (Fsp3) is 0.571. The van der Waals surface area contributed by atoms with Crippen LogP contribution in [0.5, 0.6) is 0 Å². The second kappa shape index (κ2) is 6.34. The molecule has 2 aromatic rings. The molecule has 0 aromatic carbocycles. The number of alkyl halides is 3. The van der Waals surface area contributed by atoms with Gasteiger partial charge in [0.1, 0.15) is 18.0 Å². The number of aryl methyl sites for hydroxylation is 1. The predicted octanol–water partition coefficient (Wildman–Crippen LogP) is 1.59. The van der Waals surface area contributed by atoms with Gasteiger partial charge < -0.3 is 15.0 Å².